The standard InChI is InChI=1S/C10H9NO2/c1-7-2-3-9(10(13)4-7)8(5-11)6-12/h2-4,6,8,13H,1H3. The second kappa shape index (κ2) is 3.72. The topological polar surface area (TPSA) is 61.1 Å². The van der Waals surface area contributed by atoms with Crippen LogP contribution in [-0.4, -0.2) is 11.4 Å². The van der Waals surface area contributed by atoms with E-state index in [4.69, 9.17) is 5.26 Å². The number of phenolic OH excluding ortho intramolecular Hbond substituents is 1. The van der Waals surface area contributed by atoms with E-state index < -0.39 is 5.92 Å². The summed E-state index contributed by atoms with van der Waals surface area (Å²) in [7, 11) is 0. The molecule has 0 radical (unpaired) electrons. The second-order valence-electron chi connectivity index (χ2n) is 2.81. The summed E-state index contributed by atoms with van der Waals surface area (Å²) >= 11 is 0. The molecule has 13 heavy (non-hydrogen) atoms. The molecule has 1 aromatic carbocycles. The van der Waals surface area contributed by atoms with Crippen LogP contribution in [0.3, 0.4) is 0 Å². The van der Waals surface area contributed by atoms with Gasteiger partial charge in [0.15, 0.2) is 0 Å². The number of aromatic hydroxyl groups is 1. The van der Waals surface area contributed by atoms with Crippen LogP contribution in [0.25, 0.3) is 0 Å². The zero-order chi connectivity index (χ0) is 9.84. The molecule has 0 aliphatic carbocycles. The van der Waals surface area contributed by atoms with Crippen LogP contribution in [0.5, 0.6) is 5.75 Å². The minimum Gasteiger partial charge on any atom is -0.508 e. The number of aryl methyl sites for hydroxylation is 1. The van der Waals surface area contributed by atoms with Gasteiger partial charge in [0, 0.05) is 5.56 Å². The van der Waals surface area contributed by atoms with Crippen molar-refractivity contribution in [2.75, 3.05) is 0 Å². The van der Waals surface area contributed by atoms with Crippen molar-refractivity contribution < 1.29 is 9.90 Å². The Kier molecular flexibility index (Phi) is 2.65. The molecule has 1 atom stereocenters. The summed E-state index contributed by atoms with van der Waals surface area (Å²) < 4.78 is 0. The maximum Gasteiger partial charge on any atom is 0.141 e. The van der Waals surface area contributed by atoms with Gasteiger partial charge in [-0.05, 0) is 18.6 Å². The fourth-order valence-electron chi connectivity index (χ4n) is 1.09. The number of hydrogen-bond acceptors (Lipinski definition) is 3. The predicted molar refractivity (Wildman–Crippen MR) is 47.3 cm³/mol. The summed E-state index contributed by atoms with van der Waals surface area (Å²) in [5.41, 5.74) is 1.26. The van der Waals surface area contributed by atoms with Crippen molar-refractivity contribution in [3.05, 3.63) is 29.3 Å². The average molecular weight is 175 g/mol. The third kappa shape index (κ3) is 1.85. The van der Waals surface area contributed by atoms with E-state index >= 15 is 0 Å². The molecule has 3 nitrogen and oxygen atoms in total. The van der Waals surface area contributed by atoms with E-state index in [2.05, 4.69) is 0 Å². The summed E-state index contributed by atoms with van der Waals surface area (Å²) in [6.07, 6.45) is 0.518. The molecule has 0 aliphatic heterocycles. The van der Waals surface area contributed by atoms with E-state index in [-0.39, 0.29) is 5.75 Å². The van der Waals surface area contributed by atoms with Gasteiger partial charge in [0.1, 0.15) is 18.0 Å². The van der Waals surface area contributed by atoms with Crippen molar-refractivity contribution in [2.24, 2.45) is 0 Å². The van der Waals surface area contributed by atoms with Crippen LogP contribution in [0, 0.1) is 18.3 Å². The zero-order valence-electron chi connectivity index (χ0n) is 7.19. The minimum atomic E-state index is -0.874. The van der Waals surface area contributed by atoms with E-state index in [0.29, 0.717) is 11.8 Å². The van der Waals surface area contributed by atoms with Crippen molar-refractivity contribution in [1.82, 2.24) is 0 Å². The fourth-order valence-corrected chi connectivity index (χ4v) is 1.09. The number of aldehydes is 1. The first-order valence-electron chi connectivity index (χ1n) is 3.83. The fraction of sp³-hybridized carbons (Fsp3) is 0.200. The van der Waals surface area contributed by atoms with Crippen molar-refractivity contribution in [2.45, 2.75) is 12.8 Å². The van der Waals surface area contributed by atoms with Gasteiger partial charge < -0.3 is 9.90 Å². The molecule has 0 aliphatic rings. The normalized spacial score (nSPS) is 11.7. The van der Waals surface area contributed by atoms with Crippen LogP contribution in [0.1, 0.15) is 17.0 Å². The highest BCUT2D eigenvalue weighted by atomic mass is 16.3. The Labute approximate surface area is 76.2 Å². The molecule has 0 aromatic heterocycles. The Balaban J connectivity index is 3.16. The third-order valence-electron chi connectivity index (χ3n) is 1.80. The number of carbonyl (C=O) groups is 1. The minimum absolute atomic E-state index is 0.00125. The second-order valence-corrected chi connectivity index (χ2v) is 2.81. The monoisotopic (exact) mass is 175 g/mol. The summed E-state index contributed by atoms with van der Waals surface area (Å²) in [4.78, 5) is 10.4. The predicted octanol–water partition coefficient (Wildman–Crippen LogP) is 1.51. The Morgan fingerprint density at radius 1 is 1.62 bits per heavy atom. The van der Waals surface area contributed by atoms with Crippen LogP contribution in [0.4, 0.5) is 0 Å². The smallest absolute Gasteiger partial charge is 0.141 e. The highest BCUT2D eigenvalue weighted by Gasteiger charge is 2.12. The van der Waals surface area contributed by atoms with Gasteiger partial charge in [-0.25, -0.2) is 0 Å². The van der Waals surface area contributed by atoms with Crippen LogP contribution in [0.2, 0.25) is 0 Å². The Morgan fingerprint density at radius 2 is 2.31 bits per heavy atom. The van der Waals surface area contributed by atoms with Gasteiger partial charge in [-0.15, -0.1) is 0 Å². The van der Waals surface area contributed by atoms with Crippen molar-refractivity contribution in [3.8, 4) is 11.8 Å². The molecular formula is C10H9NO2. The molecular weight excluding hydrogens is 166 g/mol. The number of carbonyl (C=O) groups excluding carboxylic acids is 1. The van der Waals surface area contributed by atoms with E-state index in [1.165, 1.54) is 6.07 Å². The average Bonchev–Trinajstić information content (AvgIpc) is 2.10. The Bertz CT molecular complexity index is 366. The SMILES string of the molecule is Cc1ccc(C(C#N)C=O)c(O)c1. The molecule has 0 saturated heterocycles. The molecule has 3 heteroatoms. The number of hydrogen-bond donors (Lipinski definition) is 1. The quantitative estimate of drug-likeness (QED) is 0.693. The highest BCUT2D eigenvalue weighted by Crippen LogP contribution is 2.24. The highest BCUT2D eigenvalue weighted by molar-refractivity contribution is 5.68. The first-order chi connectivity index (χ1) is 6.19. The molecule has 1 rings (SSSR count). The number of phenols is 1. The summed E-state index contributed by atoms with van der Waals surface area (Å²) in [5.74, 6) is -0.876. The van der Waals surface area contributed by atoms with E-state index in [1.54, 1.807) is 18.2 Å². The number of rotatable bonds is 2. The molecule has 0 fully saturated rings. The summed E-state index contributed by atoms with van der Waals surface area (Å²) in [6, 6.07) is 6.67. The first-order valence-corrected chi connectivity index (χ1v) is 3.83. The van der Waals surface area contributed by atoms with Crippen molar-refractivity contribution in [1.29, 1.82) is 5.26 Å². The molecule has 1 unspecified atom stereocenters. The third-order valence-corrected chi connectivity index (χ3v) is 1.80. The van der Waals surface area contributed by atoms with Crippen molar-refractivity contribution >= 4 is 6.29 Å². The molecule has 0 bridgehead atoms. The van der Waals surface area contributed by atoms with E-state index in [1.807, 2.05) is 6.92 Å². The lowest BCUT2D eigenvalue weighted by atomic mass is 10.00. The molecule has 0 heterocycles. The van der Waals surface area contributed by atoms with Gasteiger partial charge in [0.05, 0.1) is 6.07 Å². The lowest BCUT2D eigenvalue weighted by molar-refractivity contribution is -0.108. The maximum atomic E-state index is 10.4. The van der Waals surface area contributed by atoms with Crippen LogP contribution in [-0.2, 0) is 4.79 Å². The molecule has 1 aromatic rings. The summed E-state index contributed by atoms with van der Waals surface area (Å²) in [5, 5.41) is 18.0. The lowest BCUT2D eigenvalue weighted by Crippen LogP contribution is -1.97. The largest absolute Gasteiger partial charge is 0.508 e. The van der Waals surface area contributed by atoms with Gasteiger partial charge in [-0.3, -0.25) is 0 Å². The van der Waals surface area contributed by atoms with E-state index in [0.717, 1.165) is 5.56 Å². The Morgan fingerprint density at radius 3 is 2.77 bits per heavy atom. The van der Waals surface area contributed by atoms with Gasteiger partial charge in [-0.2, -0.15) is 5.26 Å². The van der Waals surface area contributed by atoms with E-state index in [9.17, 15) is 9.90 Å². The molecule has 66 valence electrons. The molecule has 1 N–H and O–H groups in total. The van der Waals surface area contributed by atoms with Gasteiger partial charge >= 0.3 is 0 Å². The van der Waals surface area contributed by atoms with Crippen LogP contribution in [0.15, 0.2) is 18.2 Å². The zero-order valence-corrected chi connectivity index (χ0v) is 7.19. The maximum absolute atomic E-state index is 10.4. The van der Waals surface area contributed by atoms with Crippen LogP contribution >= 0.6 is 0 Å². The number of nitrogens with zero attached hydrogens (tertiary/aromatic N) is 1. The van der Waals surface area contributed by atoms with Gasteiger partial charge in [-0.1, -0.05) is 12.1 Å². The Hall–Kier alpha value is -1.82. The molecule has 0 spiro atoms. The number of benzene rings is 1. The summed E-state index contributed by atoms with van der Waals surface area (Å²) in [6.45, 7) is 1.83. The molecule has 0 saturated carbocycles. The van der Waals surface area contributed by atoms with Crippen molar-refractivity contribution in [3.63, 3.8) is 0 Å². The van der Waals surface area contributed by atoms with Crippen LogP contribution < -0.4 is 0 Å². The number of nitriles is 1. The lowest BCUT2D eigenvalue weighted by Gasteiger charge is -2.05. The van der Waals surface area contributed by atoms with Gasteiger partial charge in [0.25, 0.3) is 0 Å². The van der Waals surface area contributed by atoms with Gasteiger partial charge in [0.2, 0.25) is 0 Å². The first kappa shape index (κ1) is 9.27. The molecule has 0 amide bonds.